The highest BCUT2D eigenvalue weighted by molar-refractivity contribution is 6.00. The Morgan fingerprint density at radius 3 is 2.65 bits per heavy atom. The summed E-state index contributed by atoms with van der Waals surface area (Å²) in [5.74, 6) is 0.832. The average Bonchev–Trinajstić information content (AvgIpc) is 3.36. The highest BCUT2D eigenvalue weighted by Gasteiger charge is 2.50. The Morgan fingerprint density at radius 1 is 1.15 bits per heavy atom. The van der Waals surface area contributed by atoms with E-state index in [9.17, 15) is 14.4 Å². The van der Waals surface area contributed by atoms with E-state index in [0.717, 1.165) is 32.4 Å². The average molecular weight is 354 g/mol. The molecule has 0 unspecified atom stereocenters. The molecule has 1 aromatic carbocycles. The molecule has 2 aliphatic heterocycles. The van der Waals surface area contributed by atoms with E-state index in [1.807, 2.05) is 4.90 Å². The number of piperidine rings is 1. The van der Waals surface area contributed by atoms with Crippen molar-refractivity contribution in [1.29, 1.82) is 0 Å². The number of carbonyl (C=O) groups is 3. The Morgan fingerprint density at radius 2 is 1.92 bits per heavy atom. The van der Waals surface area contributed by atoms with Gasteiger partial charge < -0.3 is 9.80 Å². The number of Topliss-reactive ketones (excluding diaryl/α,β-unsaturated/α-hetero) is 1. The number of amides is 2. The quantitative estimate of drug-likeness (QED) is 0.781. The van der Waals surface area contributed by atoms with Gasteiger partial charge in [-0.3, -0.25) is 14.4 Å². The van der Waals surface area contributed by atoms with Gasteiger partial charge in [0.25, 0.3) is 5.91 Å². The van der Waals surface area contributed by atoms with Crippen molar-refractivity contribution in [2.45, 2.75) is 39.0 Å². The second-order valence-corrected chi connectivity index (χ2v) is 8.19. The largest absolute Gasteiger partial charge is 0.342 e. The van der Waals surface area contributed by atoms with Gasteiger partial charge in [0, 0.05) is 37.3 Å². The van der Waals surface area contributed by atoms with Crippen molar-refractivity contribution >= 4 is 17.6 Å². The first-order valence-corrected chi connectivity index (χ1v) is 9.68. The molecule has 26 heavy (non-hydrogen) atoms. The van der Waals surface area contributed by atoms with E-state index in [1.54, 1.807) is 29.2 Å². The lowest BCUT2D eigenvalue weighted by Gasteiger charge is -2.39. The van der Waals surface area contributed by atoms with E-state index >= 15 is 0 Å². The van der Waals surface area contributed by atoms with E-state index in [2.05, 4.69) is 0 Å². The molecule has 4 rings (SSSR count). The number of carbonyl (C=O) groups excluding carboxylic acids is 3. The van der Waals surface area contributed by atoms with Crippen molar-refractivity contribution in [3.05, 3.63) is 35.4 Å². The maximum Gasteiger partial charge on any atom is 0.253 e. The number of hydrogen-bond acceptors (Lipinski definition) is 3. The third-order valence-electron chi connectivity index (χ3n) is 6.16. The van der Waals surface area contributed by atoms with Gasteiger partial charge >= 0.3 is 0 Å². The van der Waals surface area contributed by atoms with Gasteiger partial charge in [-0.1, -0.05) is 12.1 Å². The standard InChI is InChI=1S/C21H26N2O3/c1-15(24)17-4-2-5-18(12-17)19(25)23-11-9-21(14-23)8-3-10-22(20(21)26)13-16-6-7-16/h2,4-5,12,16H,3,6-11,13-14H2,1H3/t21-/m0/s1. The normalized spacial score (nSPS) is 25.8. The molecule has 0 bridgehead atoms. The minimum atomic E-state index is -0.388. The zero-order valence-electron chi connectivity index (χ0n) is 15.4. The van der Waals surface area contributed by atoms with E-state index in [-0.39, 0.29) is 23.0 Å². The predicted octanol–water partition coefficient (Wildman–Crippen LogP) is 2.75. The fourth-order valence-electron chi connectivity index (χ4n) is 4.42. The fourth-order valence-corrected chi connectivity index (χ4v) is 4.42. The molecule has 0 radical (unpaired) electrons. The molecule has 138 valence electrons. The van der Waals surface area contributed by atoms with Crippen molar-refractivity contribution in [3.8, 4) is 0 Å². The topological polar surface area (TPSA) is 57.7 Å². The Kier molecular flexibility index (Phi) is 4.33. The summed E-state index contributed by atoms with van der Waals surface area (Å²) < 4.78 is 0. The van der Waals surface area contributed by atoms with Crippen LogP contribution in [0.4, 0.5) is 0 Å². The smallest absolute Gasteiger partial charge is 0.253 e. The summed E-state index contributed by atoms with van der Waals surface area (Å²) >= 11 is 0. The first-order valence-electron chi connectivity index (χ1n) is 9.68. The van der Waals surface area contributed by atoms with Crippen LogP contribution >= 0.6 is 0 Å². The highest BCUT2D eigenvalue weighted by Crippen LogP contribution is 2.42. The van der Waals surface area contributed by atoms with E-state index in [4.69, 9.17) is 0 Å². The Hall–Kier alpha value is -2.17. The lowest BCUT2D eigenvalue weighted by atomic mass is 9.78. The van der Waals surface area contributed by atoms with Crippen LogP contribution in [-0.2, 0) is 4.79 Å². The van der Waals surface area contributed by atoms with Crippen LogP contribution in [0.2, 0.25) is 0 Å². The summed E-state index contributed by atoms with van der Waals surface area (Å²) in [4.78, 5) is 41.4. The van der Waals surface area contributed by atoms with Gasteiger partial charge in [0.15, 0.2) is 5.78 Å². The molecule has 3 aliphatic rings. The second-order valence-electron chi connectivity index (χ2n) is 8.19. The Labute approximate surface area is 154 Å². The number of rotatable bonds is 4. The van der Waals surface area contributed by atoms with Gasteiger partial charge in [-0.25, -0.2) is 0 Å². The molecule has 1 aromatic rings. The lowest BCUT2D eigenvalue weighted by Crippen LogP contribution is -2.50. The molecular formula is C21H26N2O3. The minimum Gasteiger partial charge on any atom is -0.342 e. The first kappa shape index (κ1) is 17.3. The molecule has 1 aliphatic carbocycles. The number of nitrogens with zero attached hydrogens (tertiary/aromatic N) is 2. The van der Waals surface area contributed by atoms with Crippen LogP contribution in [0.3, 0.4) is 0 Å². The summed E-state index contributed by atoms with van der Waals surface area (Å²) in [5, 5.41) is 0. The third kappa shape index (κ3) is 3.15. The van der Waals surface area contributed by atoms with Crippen LogP contribution in [0.25, 0.3) is 0 Å². The van der Waals surface area contributed by atoms with Crippen molar-refractivity contribution in [2.75, 3.05) is 26.2 Å². The molecule has 2 amide bonds. The number of hydrogen-bond donors (Lipinski definition) is 0. The van der Waals surface area contributed by atoms with Crippen LogP contribution in [0.15, 0.2) is 24.3 Å². The third-order valence-corrected chi connectivity index (χ3v) is 6.16. The highest BCUT2D eigenvalue weighted by atomic mass is 16.2. The fraction of sp³-hybridized carbons (Fsp3) is 0.571. The molecule has 2 saturated heterocycles. The molecule has 1 saturated carbocycles. The maximum atomic E-state index is 13.1. The molecule has 5 nitrogen and oxygen atoms in total. The monoisotopic (exact) mass is 354 g/mol. The molecule has 0 aromatic heterocycles. The molecule has 3 fully saturated rings. The number of ketones is 1. The van der Waals surface area contributed by atoms with Gasteiger partial charge in [-0.2, -0.15) is 0 Å². The van der Waals surface area contributed by atoms with Crippen LogP contribution in [0.1, 0.15) is 59.7 Å². The second kappa shape index (κ2) is 6.53. The van der Waals surface area contributed by atoms with E-state index in [0.29, 0.717) is 30.1 Å². The van der Waals surface area contributed by atoms with Crippen molar-refractivity contribution in [1.82, 2.24) is 9.80 Å². The van der Waals surface area contributed by atoms with Gasteiger partial charge in [0.05, 0.1) is 5.41 Å². The minimum absolute atomic E-state index is 0.0456. The Bertz CT molecular complexity index is 755. The van der Waals surface area contributed by atoms with Crippen LogP contribution in [0, 0.1) is 11.3 Å². The molecule has 0 N–H and O–H groups in total. The summed E-state index contributed by atoms with van der Waals surface area (Å²) in [6.07, 6.45) is 5.15. The number of likely N-dealkylation sites (tertiary alicyclic amines) is 2. The maximum absolute atomic E-state index is 13.1. The van der Waals surface area contributed by atoms with E-state index in [1.165, 1.54) is 19.8 Å². The first-order chi connectivity index (χ1) is 12.5. The molecule has 1 spiro atoms. The predicted molar refractivity (Wildman–Crippen MR) is 97.9 cm³/mol. The van der Waals surface area contributed by atoms with Crippen LogP contribution in [-0.4, -0.2) is 53.6 Å². The summed E-state index contributed by atoms with van der Waals surface area (Å²) in [6.45, 7) is 4.40. The SMILES string of the molecule is CC(=O)c1cccc(C(=O)N2CC[C@@]3(CCCN(CC4CC4)C3=O)C2)c1. The van der Waals surface area contributed by atoms with E-state index < -0.39 is 0 Å². The van der Waals surface area contributed by atoms with Gasteiger partial charge in [-0.15, -0.1) is 0 Å². The molecule has 2 heterocycles. The molecule has 5 heteroatoms. The zero-order chi connectivity index (χ0) is 18.3. The zero-order valence-corrected chi connectivity index (χ0v) is 15.4. The van der Waals surface area contributed by atoms with Crippen molar-refractivity contribution in [2.24, 2.45) is 11.3 Å². The lowest BCUT2D eigenvalue weighted by molar-refractivity contribution is -0.145. The van der Waals surface area contributed by atoms with Crippen LogP contribution in [0.5, 0.6) is 0 Å². The van der Waals surface area contributed by atoms with Crippen molar-refractivity contribution in [3.63, 3.8) is 0 Å². The summed E-state index contributed by atoms with van der Waals surface area (Å²) in [5.41, 5.74) is 0.697. The van der Waals surface area contributed by atoms with Crippen molar-refractivity contribution < 1.29 is 14.4 Å². The number of benzene rings is 1. The Balaban J connectivity index is 1.48. The molecule has 1 atom stereocenters. The van der Waals surface area contributed by atoms with Gasteiger partial charge in [-0.05, 0) is 57.1 Å². The van der Waals surface area contributed by atoms with Crippen LogP contribution < -0.4 is 0 Å². The van der Waals surface area contributed by atoms with Gasteiger partial charge in [0.2, 0.25) is 5.91 Å². The summed E-state index contributed by atoms with van der Waals surface area (Å²) in [6, 6.07) is 6.89. The molecular weight excluding hydrogens is 328 g/mol. The van der Waals surface area contributed by atoms with Gasteiger partial charge in [0.1, 0.15) is 0 Å². The summed E-state index contributed by atoms with van der Waals surface area (Å²) in [7, 11) is 0.